The van der Waals surface area contributed by atoms with Gasteiger partial charge in [-0.05, 0) is 54.5 Å². The lowest BCUT2D eigenvalue weighted by molar-refractivity contribution is 0.0746. The van der Waals surface area contributed by atoms with Gasteiger partial charge < -0.3 is 9.84 Å². The Bertz CT molecular complexity index is 568. The molecule has 20 heavy (non-hydrogen) atoms. The van der Waals surface area contributed by atoms with Crippen LogP contribution in [0.1, 0.15) is 35.4 Å². The van der Waals surface area contributed by atoms with E-state index in [4.69, 9.17) is 4.74 Å². The number of hydrogen-bond donors (Lipinski definition) is 1. The van der Waals surface area contributed by atoms with Crippen LogP contribution < -0.4 is 4.74 Å². The molecule has 3 rings (SSSR count). The highest BCUT2D eigenvalue weighted by molar-refractivity contribution is 5.31. The zero-order valence-corrected chi connectivity index (χ0v) is 11.8. The summed E-state index contributed by atoms with van der Waals surface area (Å²) in [5.74, 6) is 1.42. The van der Waals surface area contributed by atoms with E-state index in [1.165, 1.54) is 16.7 Å². The first-order chi connectivity index (χ1) is 9.72. The number of aliphatic hydroxyl groups is 1. The highest BCUT2D eigenvalue weighted by Gasteiger charge is 2.28. The molecule has 0 heterocycles. The molecule has 0 radical (unpaired) electrons. The lowest BCUT2D eigenvalue weighted by atomic mass is 9.78. The molecule has 1 aliphatic rings. The second kappa shape index (κ2) is 5.68. The van der Waals surface area contributed by atoms with Gasteiger partial charge in [-0.25, -0.2) is 0 Å². The second-order valence-corrected chi connectivity index (χ2v) is 5.61. The van der Waals surface area contributed by atoms with E-state index in [2.05, 4.69) is 31.2 Å². The van der Waals surface area contributed by atoms with Crippen LogP contribution in [0.2, 0.25) is 0 Å². The minimum absolute atomic E-state index is 0.100. The maximum Gasteiger partial charge on any atom is 0.119 e. The van der Waals surface area contributed by atoms with Crippen LogP contribution in [0.25, 0.3) is 0 Å². The fourth-order valence-electron chi connectivity index (χ4n) is 2.63. The summed E-state index contributed by atoms with van der Waals surface area (Å²) in [7, 11) is 0. The van der Waals surface area contributed by atoms with Gasteiger partial charge in [0.25, 0.3) is 0 Å². The molecule has 0 unspecified atom stereocenters. The topological polar surface area (TPSA) is 29.5 Å². The van der Waals surface area contributed by atoms with Gasteiger partial charge >= 0.3 is 0 Å². The van der Waals surface area contributed by atoms with Crippen molar-refractivity contribution in [2.24, 2.45) is 0 Å². The number of aryl methyl sites for hydroxylation is 1. The van der Waals surface area contributed by atoms with E-state index in [1.807, 2.05) is 24.3 Å². The first kappa shape index (κ1) is 13.2. The molecule has 1 saturated carbocycles. The summed E-state index contributed by atoms with van der Waals surface area (Å²) in [4.78, 5) is 0. The molecule has 0 spiro atoms. The molecule has 0 aliphatic heterocycles. The van der Waals surface area contributed by atoms with Crippen molar-refractivity contribution < 1.29 is 9.84 Å². The molecule has 0 bridgehead atoms. The van der Waals surface area contributed by atoms with E-state index < -0.39 is 0 Å². The molecular formula is C18H20O2. The van der Waals surface area contributed by atoms with Crippen LogP contribution in [0.5, 0.6) is 5.75 Å². The first-order valence-electron chi connectivity index (χ1n) is 7.17. The van der Waals surface area contributed by atoms with Crippen LogP contribution in [0.3, 0.4) is 0 Å². The van der Waals surface area contributed by atoms with Crippen LogP contribution in [0.4, 0.5) is 0 Å². The third-order valence-corrected chi connectivity index (χ3v) is 4.12. The molecule has 2 aromatic rings. The number of benzene rings is 2. The van der Waals surface area contributed by atoms with Crippen molar-refractivity contribution in [3.63, 3.8) is 0 Å². The quantitative estimate of drug-likeness (QED) is 0.913. The van der Waals surface area contributed by atoms with E-state index in [0.29, 0.717) is 12.5 Å². The number of ether oxygens (including phenoxy) is 1. The van der Waals surface area contributed by atoms with Gasteiger partial charge in [-0.3, -0.25) is 0 Å². The van der Waals surface area contributed by atoms with Gasteiger partial charge in [0.05, 0.1) is 6.10 Å². The number of hydrogen-bond acceptors (Lipinski definition) is 2. The molecule has 0 amide bonds. The Labute approximate surface area is 120 Å². The maximum absolute atomic E-state index is 9.35. The molecular weight excluding hydrogens is 248 g/mol. The van der Waals surface area contributed by atoms with Crippen molar-refractivity contribution in [3.05, 3.63) is 65.2 Å². The Hall–Kier alpha value is -1.80. The number of rotatable bonds is 4. The molecule has 0 atom stereocenters. The van der Waals surface area contributed by atoms with Crippen LogP contribution in [-0.4, -0.2) is 11.2 Å². The average Bonchev–Trinajstić information content (AvgIpc) is 2.44. The fourth-order valence-corrected chi connectivity index (χ4v) is 2.63. The van der Waals surface area contributed by atoms with E-state index in [-0.39, 0.29) is 6.10 Å². The molecule has 1 aliphatic carbocycles. The highest BCUT2D eigenvalue weighted by Crippen LogP contribution is 2.37. The summed E-state index contributed by atoms with van der Waals surface area (Å²) in [6.07, 6.45) is 1.68. The summed E-state index contributed by atoms with van der Waals surface area (Å²) in [5.41, 5.74) is 3.78. The van der Waals surface area contributed by atoms with Crippen molar-refractivity contribution in [3.8, 4) is 5.75 Å². The van der Waals surface area contributed by atoms with Gasteiger partial charge in [-0.15, -0.1) is 0 Å². The zero-order chi connectivity index (χ0) is 13.9. The van der Waals surface area contributed by atoms with Crippen molar-refractivity contribution in [2.75, 3.05) is 0 Å². The second-order valence-electron chi connectivity index (χ2n) is 5.61. The normalized spacial score (nSPS) is 21.3. The van der Waals surface area contributed by atoms with Crippen molar-refractivity contribution in [1.82, 2.24) is 0 Å². The molecule has 0 aromatic heterocycles. The Kier molecular flexibility index (Phi) is 3.75. The van der Waals surface area contributed by atoms with Gasteiger partial charge in [0, 0.05) is 0 Å². The molecule has 1 N–H and O–H groups in total. The van der Waals surface area contributed by atoms with E-state index in [0.717, 1.165) is 18.6 Å². The molecule has 2 nitrogen and oxygen atoms in total. The van der Waals surface area contributed by atoms with E-state index >= 15 is 0 Å². The third kappa shape index (κ3) is 2.86. The zero-order valence-electron chi connectivity index (χ0n) is 11.8. The largest absolute Gasteiger partial charge is 0.489 e. The van der Waals surface area contributed by atoms with Crippen molar-refractivity contribution in [2.45, 2.75) is 38.4 Å². The fraction of sp³-hybridized carbons (Fsp3) is 0.333. The summed E-state index contributed by atoms with van der Waals surface area (Å²) >= 11 is 0. The van der Waals surface area contributed by atoms with Gasteiger partial charge in [0.15, 0.2) is 0 Å². The lowest BCUT2D eigenvalue weighted by Gasteiger charge is -2.31. The summed E-state index contributed by atoms with van der Waals surface area (Å²) in [5, 5.41) is 9.35. The Morgan fingerprint density at radius 3 is 2.40 bits per heavy atom. The highest BCUT2D eigenvalue weighted by atomic mass is 16.5. The summed E-state index contributed by atoms with van der Waals surface area (Å²) < 4.78 is 5.83. The SMILES string of the molecule is Cc1ccccc1COc1ccc(C2CC(O)C2)cc1. The van der Waals surface area contributed by atoms with Gasteiger partial charge in [0.2, 0.25) is 0 Å². The van der Waals surface area contributed by atoms with Crippen LogP contribution in [-0.2, 0) is 6.61 Å². The maximum atomic E-state index is 9.35. The first-order valence-corrected chi connectivity index (χ1v) is 7.17. The van der Waals surface area contributed by atoms with Crippen LogP contribution in [0, 0.1) is 6.92 Å². The van der Waals surface area contributed by atoms with Crippen LogP contribution >= 0.6 is 0 Å². The predicted molar refractivity (Wildman–Crippen MR) is 79.9 cm³/mol. The predicted octanol–water partition coefficient (Wildman–Crippen LogP) is 3.81. The lowest BCUT2D eigenvalue weighted by Crippen LogP contribution is -2.26. The van der Waals surface area contributed by atoms with Gasteiger partial charge in [-0.1, -0.05) is 36.4 Å². The summed E-state index contributed by atoms with van der Waals surface area (Å²) in [6, 6.07) is 16.6. The minimum Gasteiger partial charge on any atom is -0.489 e. The molecule has 1 fully saturated rings. The Morgan fingerprint density at radius 1 is 1.05 bits per heavy atom. The molecule has 0 saturated heterocycles. The Morgan fingerprint density at radius 2 is 1.75 bits per heavy atom. The van der Waals surface area contributed by atoms with Crippen LogP contribution in [0.15, 0.2) is 48.5 Å². The summed E-state index contributed by atoms with van der Waals surface area (Å²) in [6.45, 7) is 2.71. The van der Waals surface area contributed by atoms with Gasteiger partial charge in [0.1, 0.15) is 12.4 Å². The standard InChI is InChI=1S/C18H20O2/c1-13-4-2-3-5-15(13)12-20-18-8-6-14(7-9-18)16-10-17(19)11-16/h2-9,16-17,19H,10-12H2,1H3. The van der Waals surface area contributed by atoms with E-state index in [9.17, 15) is 5.11 Å². The molecule has 2 aromatic carbocycles. The molecule has 104 valence electrons. The van der Waals surface area contributed by atoms with Crippen molar-refractivity contribution in [1.29, 1.82) is 0 Å². The Balaban J connectivity index is 1.60. The number of aliphatic hydroxyl groups excluding tert-OH is 1. The van der Waals surface area contributed by atoms with Gasteiger partial charge in [-0.2, -0.15) is 0 Å². The monoisotopic (exact) mass is 268 g/mol. The van der Waals surface area contributed by atoms with Crippen molar-refractivity contribution >= 4 is 0 Å². The third-order valence-electron chi connectivity index (χ3n) is 4.12. The average molecular weight is 268 g/mol. The molecule has 2 heteroatoms. The van der Waals surface area contributed by atoms with E-state index in [1.54, 1.807) is 0 Å². The minimum atomic E-state index is -0.100. The smallest absolute Gasteiger partial charge is 0.119 e.